The summed E-state index contributed by atoms with van der Waals surface area (Å²) in [5, 5.41) is 3.15. The van der Waals surface area contributed by atoms with E-state index in [0.29, 0.717) is 49.5 Å². The van der Waals surface area contributed by atoms with Crippen LogP contribution in [0.4, 0.5) is 30.6 Å². The molecule has 0 radical (unpaired) electrons. The van der Waals surface area contributed by atoms with Gasteiger partial charge in [-0.2, -0.15) is 0 Å². The standard InChI is InChI=1S/C22H21F3N6O2/c1-15-27-19(29-18-7-2-3-8-26-18)14-20(28-15)30-9-11-31(12-10-30)21(32)16-5-4-6-17(13-16)33-22(23,24)25/h2-8,13-14H,9-12H2,1H3,(H,26,27,28,29). The van der Waals surface area contributed by atoms with E-state index in [1.54, 1.807) is 18.0 Å². The third-order valence-electron chi connectivity index (χ3n) is 4.95. The normalized spacial score (nSPS) is 14.2. The molecule has 1 fully saturated rings. The van der Waals surface area contributed by atoms with Gasteiger partial charge < -0.3 is 19.9 Å². The van der Waals surface area contributed by atoms with E-state index in [1.165, 1.54) is 12.1 Å². The largest absolute Gasteiger partial charge is 0.573 e. The smallest absolute Gasteiger partial charge is 0.406 e. The number of nitrogens with one attached hydrogen (secondary N) is 1. The molecule has 33 heavy (non-hydrogen) atoms. The van der Waals surface area contributed by atoms with Gasteiger partial charge in [0.15, 0.2) is 0 Å². The number of carbonyl (C=O) groups excluding carboxylic acids is 1. The molecular weight excluding hydrogens is 437 g/mol. The fourth-order valence-electron chi connectivity index (χ4n) is 3.49. The van der Waals surface area contributed by atoms with Crippen molar-refractivity contribution in [3.05, 3.63) is 66.1 Å². The highest BCUT2D eigenvalue weighted by Crippen LogP contribution is 2.25. The lowest BCUT2D eigenvalue weighted by Crippen LogP contribution is -2.49. The Morgan fingerprint density at radius 3 is 2.48 bits per heavy atom. The van der Waals surface area contributed by atoms with Crippen LogP contribution in [0.3, 0.4) is 0 Å². The molecule has 2 aromatic heterocycles. The lowest BCUT2D eigenvalue weighted by atomic mass is 10.1. The minimum atomic E-state index is -4.81. The van der Waals surface area contributed by atoms with Gasteiger partial charge >= 0.3 is 6.36 Å². The predicted molar refractivity (Wildman–Crippen MR) is 116 cm³/mol. The van der Waals surface area contributed by atoms with Crippen molar-refractivity contribution in [2.24, 2.45) is 0 Å². The number of rotatable bonds is 5. The third kappa shape index (κ3) is 5.88. The molecule has 0 atom stereocenters. The Bertz CT molecular complexity index is 1120. The van der Waals surface area contributed by atoms with Gasteiger partial charge in [-0.25, -0.2) is 15.0 Å². The number of aromatic nitrogens is 3. The van der Waals surface area contributed by atoms with Gasteiger partial charge in [-0.05, 0) is 37.3 Å². The number of aryl methyl sites for hydroxylation is 1. The van der Waals surface area contributed by atoms with Crippen LogP contribution in [0, 0.1) is 6.92 Å². The van der Waals surface area contributed by atoms with Crippen LogP contribution in [0.2, 0.25) is 0 Å². The van der Waals surface area contributed by atoms with Crippen LogP contribution in [0.25, 0.3) is 0 Å². The zero-order valence-electron chi connectivity index (χ0n) is 17.7. The maximum Gasteiger partial charge on any atom is 0.573 e. The van der Waals surface area contributed by atoms with E-state index in [4.69, 9.17) is 0 Å². The highest BCUT2D eigenvalue weighted by atomic mass is 19.4. The highest BCUT2D eigenvalue weighted by Gasteiger charge is 2.31. The maximum absolute atomic E-state index is 12.8. The highest BCUT2D eigenvalue weighted by molar-refractivity contribution is 5.94. The average molecular weight is 458 g/mol. The first-order chi connectivity index (χ1) is 15.8. The Hall–Kier alpha value is -3.89. The number of benzene rings is 1. The zero-order chi connectivity index (χ0) is 23.4. The molecule has 0 spiro atoms. The molecule has 1 saturated heterocycles. The summed E-state index contributed by atoms with van der Waals surface area (Å²) in [5.41, 5.74) is 0.143. The van der Waals surface area contributed by atoms with Crippen molar-refractivity contribution in [2.75, 3.05) is 36.4 Å². The average Bonchev–Trinajstić information content (AvgIpc) is 2.78. The number of nitrogens with zero attached hydrogens (tertiary/aromatic N) is 5. The maximum atomic E-state index is 12.8. The molecule has 11 heteroatoms. The zero-order valence-corrected chi connectivity index (χ0v) is 17.7. The molecule has 0 aliphatic carbocycles. The van der Waals surface area contributed by atoms with Crippen molar-refractivity contribution >= 4 is 23.4 Å². The molecule has 1 N–H and O–H groups in total. The Kier molecular flexibility index (Phi) is 6.29. The summed E-state index contributed by atoms with van der Waals surface area (Å²) < 4.78 is 41.3. The SMILES string of the molecule is Cc1nc(Nc2ccccn2)cc(N2CCN(C(=O)c3cccc(OC(F)(F)F)c3)CC2)n1. The van der Waals surface area contributed by atoms with Gasteiger partial charge in [0, 0.05) is 44.0 Å². The summed E-state index contributed by atoms with van der Waals surface area (Å²) in [6, 6.07) is 12.4. The van der Waals surface area contributed by atoms with E-state index in [-0.39, 0.29) is 11.5 Å². The number of alkyl halides is 3. The molecule has 172 valence electrons. The van der Waals surface area contributed by atoms with Gasteiger partial charge in [0.1, 0.15) is 29.0 Å². The van der Waals surface area contributed by atoms with Gasteiger partial charge in [-0.3, -0.25) is 4.79 Å². The molecule has 3 heterocycles. The Labute approximate surface area is 188 Å². The molecule has 1 aliphatic heterocycles. The fraction of sp³-hybridized carbons (Fsp3) is 0.273. The number of carbonyl (C=O) groups is 1. The van der Waals surface area contributed by atoms with Crippen molar-refractivity contribution in [2.45, 2.75) is 13.3 Å². The first kappa shape index (κ1) is 22.3. The Morgan fingerprint density at radius 2 is 1.79 bits per heavy atom. The minimum absolute atomic E-state index is 0.143. The number of hydrogen-bond acceptors (Lipinski definition) is 7. The molecule has 4 rings (SSSR count). The van der Waals surface area contributed by atoms with E-state index in [9.17, 15) is 18.0 Å². The molecule has 3 aromatic rings. The van der Waals surface area contributed by atoms with Crippen molar-refractivity contribution in [1.29, 1.82) is 0 Å². The molecule has 1 aromatic carbocycles. The summed E-state index contributed by atoms with van der Waals surface area (Å²) in [4.78, 5) is 29.6. The second kappa shape index (κ2) is 9.31. The minimum Gasteiger partial charge on any atom is -0.406 e. The third-order valence-corrected chi connectivity index (χ3v) is 4.95. The van der Waals surface area contributed by atoms with Crippen molar-refractivity contribution < 1.29 is 22.7 Å². The van der Waals surface area contributed by atoms with Crippen molar-refractivity contribution in [3.63, 3.8) is 0 Å². The lowest BCUT2D eigenvalue weighted by molar-refractivity contribution is -0.274. The monoisotopic (exact) mass is 458 g/mol. The van der Waals surface area contributed by atoms with E-state index >= 15 is 0 Å². The van der Waals surface area contributed by atoms with Gasteiger partial charge in [0.05, 0.1) is 0 Å². The number of amides is 1. The molecule has 1 aliphatic rings. The number of ether oxygens (including phenoxy) is 1. The Balaban J connectivity index is 1.41. The van der Waals surface area contributed by atoms with E-state index in [2.05, 4.69) is 25.0 Å². The second-order valence-corrected chi connectivity index (χ2v) is 7.35. The van der Waals surface area contributed by atoms with Crippen LogP contribution < -0.4 is 15.0 Å². The van der Waals surface area contributed by atoms with E-state index < -0.39 is 12.1 Å². The molecule has 8 nitrogen and oxygen atoms in total. The number of halogens is 3. The molecular formula is C22H21F3N6O2. The van der Waals surface area contributed by atoms with Crippen LogP contribution in [0.15, 0.2) is 54.7 Å². The summed E-state index contributed by atoms with van der Waals surface area (Å²) in [6.45, 7) is 3.63. The first-order valence-corrected chi connectivity index (χ1v) is 10.2. The van der Waals surface area contributed by atoms with Crippen LogP contribution >= 0.6 is 0 Å². The number of pyridine rings is 1. The summed E-state index contributed by atoms with van der Waals surface area (Å²) >= 11 is 0. The fourth-order valence-corrected chi connectivity index (χ4v) is 3.49. The quantitative estimate of drug-likeness (QED) is 0.623. The molecule has 0 unspecified atom stereocenters. The van der Waals surface area contributed by atoms with Gasteiger partial charge in [-0.15, -0.1) is 13.2 Å². The molecule has 0 bridgehead atoms. The number of hydrogen-bond donors (Lipinski definition) is 1. The predicted octanol–water partition coefficient (Wildman–Crippen LogP) is 3.78. The topological polar surface area (TPSA) is 83.5 Å². The van der Waals surface area contributed by atoms with Gasteiger partial charge in [0.2, 0.25) is 0 Å². The van der Waals surface area contributed by atoms with Crippen molar-refractivity contribution in [1.82, 2.24) is 19.9 Å². The number of piperazine rings is 1. The number of anilines is 3. The summed E-state index contributed by atoms with van der Waals surface area (Å²) in [5.74, 6) is 1.81. The lowest BCUT2D eigenvalue weighted by Gasteiger charge is -2.35. The summed E-state index contributed by atoms with van der Waals surface area (Å²) in [7, 11) is 0. The summed E-state index contributed by atoms with van der Waals surface area (Å²) in [6.07, 6.45) is -3.13. The first-order valence-electron chi connectivity index (χ1n) is 10.2. The van der Waals surface area contributed by atoms with Crippen LogP contribution in [0.1, 0.15) is 16.2 Å². The Morgan fingerprint density at radius 1 is 1.00 bits per heavy atom. The van der Waals surface area contributed by atoms with Crippen molar-refractivity contribution in [3.8, 4) is 5.75 Å². The molecule has 0 saturated carbocycles. The molecule has 1 amide bonds. The van der Waals surface area contributed by atoms with Gasteiger partial charge in [-0.1, -0.05) is 12.1 Å². The van der Waals surface area contributed by atoms with E-state index in [0.717, 1.165) is 12.1 Å². The van der Waals surface area contributed by atoms with Gasteiger partial charge in [0.25, 0.3) is 5.91 Å². The van der Waals surface area contributed by atoms with Crippen LogP contribution in [0.5, 0.6) is 5.75 Å². The second-order valence-electron chi connectivity index (χ2n) is 7.35. The van der Waals surface area contributed by atoms with Crippen LogP contribution in [-0.4, -0.2) is 58.3 Å². The van der Waals surface area contributed by atoms with Crippen LogP contribution in [-0.2, 0) is 0 Å². The van der Waals surface area contributed by atoms with E-state index in [1.807, 2.05) is 29.2 Å².